The molecule has 1 aromatic rings. The van der Waals surface area contributed by atoms with Gasteiger partial charge in [-0.3, -0.25) is 4.79 Å². The Labute approximate surface area is 133 Å². The fourth-order valence-electron chi connectivity index (χ4n) is 3.08. The van der Waals surface area contributed by atoms with E-state index < -0.39 is 11.5 Å². The Kier molecular flexibility index (Phi) is 5.41. The van der Waals surface area contributed by atoms with Crippen molar-refractivity contribution in [3.63, 3.8) is 0 Å². The summed E-state index contributed by atoms with van der Waals surface area (Å²) in [5.74, 6) is 1.02. The van der Waals surface area contributed by atoms with Crippen molar-refractivity contribution in [1.29, 1.82) is 0 Å². The predicted octanol–water partition coefficient (Wildman–Crippen LogP) is 4.00. The van der Waals surface area contributed by atoms with E-state index in [1.165, 1.54) is 5.57 Å². The Bertz CT molecular complexity index is 544. The molecule has 1 aliphatic rings. The Morgan fingerprint density at radius 1 is 1.41 bits per heavy atom. The largest absolute Gasteiger partial charge is 0.497 e. The molecule has 0 bridgehead atoms. The highest BCUT2D eigenvalue weighted by Crippen LogP contribution is 2.39. The molecule has 1 fully saturated rings. The van der Waals surface area contributed by atoms with Crippen molar-refractivity contribution in [2.45, 2.75) is 52.1 Å². The summed E-state index contributed by atoms with van der Waals surface area (Å²) in [4.78, 5) is 12.1. The topological polar surface area (TPSA) is 46.5 Å². The second kappa shape index (κ2) is 7.10. The first-order chi connectivity index (χ1) is 10.5. The van der Waals surface area contributed by atoms with Gasteiger partial charge in [0.05, 0.1) is 18.6 Å². The molecule has 1 aliphatic carbocycles. The molecule has 22 heavy (non-hydrogen) atoms. The summed E-state index contributed by atoms with van der Waals surface area (Å²) in [5.41, 5.74) is 1.77. The van der Waals surface area contributed by atoms with Crippen LogP contribution in [0, 0.1) is 5.41 Å². The molecule has 1 aromatic carbocycles. The van der Waals surface area contributed by atoms with Crippen LogP contribution in [0.2, 0.25) is 0 Å². The minimum atomic E-state index is -0.620. The van der Waals surface area contributed by atoms with Crippen molar-refractivity contribution in [2.75, 3.05) is 7.11 Å². The van der Waals surface area contributed by atoms with Gasteiger partial charge in [0.2, 0.25) is 0 Å². The lowest BCUT2D eigenvalue weighted by Gasteiger charge is -2.25. The minimum absolute atomic E-state index is 0.182. The summed E-state index contributed by atoms with van der Waals surface area (Å²) in [6, 6.07) is 8.01. The van der Waals surface area contributed by atoms with E-state index in [0.29, 0.717) is 19.3 Å². The average molecular weight is 302 g/mol. The number of ketones is 1. The lowest BCUT2D eigenvalue weighted by Crippen LogP contribution is -2.32. The second-order valence-corrected chi connectivity index (χ2v) is 6.31. The number of methoxy groups -OCH3 is 1. The van der Waals surface area contributed by atoms with Gasteiger partial charge in [0.1, 0.15) is 11.5 Å². The van der Waals surface area contributed by atoms with Gasteiger partial charge in [0.15, 0.2) is 0 Å². The number of ether oxygens (including phenoxy) is 1. The maximum absolute atomic E-state index is 12.1. The summed E-state index contributed by atoms with van der Waals surface area (Å²) in [6.45, 7) is 4.04. The first-order valence-electron chi connectivity index (χ1n) is 8.06. The number of hydrogen-bond donors (Lipinski definition) is 1. The fraction of sp³-hybridized carbons (Fsp3) is 0.526. The van der Waals surface area contributed by atoms with Gasteiger partial charge in [-0.05, 0) is 49.5 Å². The fourth-order valence-corrected chi connectivity index (χ4v) is 3.08. The molecule has 1 N–H and O–H groups in total. The summed E-state index contributed by atoms with van der Waals surface area (Å²) >= 11 is 0. The molecule has 2 atom stereocenters. The standard InChI is InChI=1S/C19H26O3/c1-4-5-14(15-6-8-16(22-3)9-7-15)12-13-19(2)17(20)10-11-18(19)21/h6-9,12,17,20H,4-5,10-11,13H2,1-3H3/b14-12-/t17-,19+/m0/s1. The predicted molar refractivity (Wildman–Crippen MR) is 88.9 cm³/mol. The molecule has 0 spiro atoms. The number of carbonyl (C=O) groups excluding carboxylic acids is 1. The van der Waals surface area contributed by atoms with Crippen LogP contribution in [0.1, 0.15) is 51.5 Å². The van der Waals surface area contributed by atoms with Crippen molar-refractivity contribution in [3.8, 4) is 5.75 Å². The molecule has 120 valence electrons. The molecule has 0 amide bonds. The highest BCUT2D eigenvalue weighted by atomic mass is 16.5. The highest BCUT2D eigenvalue weighted by Gasteiger charge is 2.44. The second-order valence-electron chi connectivity index (χ2n) is 6.31. The van der Waals surface area contributed by atoms with Gasteiger partial charge in [-0.1, -0.05) is 31.6 Å². The molecule has 0 aliphatic heterocycles. The van der Waals surface area contributed by atoms with Gasteiger partial charge in [-0.2, -0.15) is 0 Å². The van der Waals surface area contributed by atoms with Gasteiger partial charge in [-0.15, -0.1) is 0 Å². The smallest absolute Gasteiger partial charge is 0.141 e. The van der Waals surface area contributed by atoms with E-state index in [-0.39, 0.29) is 5.78 Å². The van der Waals surface area contributed by atoms with Crippen LogP contribution in [-0.2, 0) is 4.79 Å². The zero-order chi connectivity index (χ0) is 16.2. The first kappa shape index (κ1) is 16.8. The van der Waals surface area contributed by atoms with Crippen LogP contribution in [0.15, 0.2) is 30.3 Å². The summed E-state index contributed by atoms with van der Waals surface area (Å²) in [5, 5.41) is 10.1. The van der Waals surface area contributed by atoms with Crippen molar-refractivity contribution in [1.82, 2.24) is 0 Å². The summed E-state index contributed by atoms with van der Waals surface area (Å²) in [6.07, 6.45) is 5.32. The third-order valence-corrected chi connectivity index (χ3v) is 4.77. The Hall–Kier alpha value is -1.61. The summed E-state index contributed by atoms with van der Waals surface area (Å²) < 4.78 is 5.20. The molecule has 0 aromatic heterocycles. The SMILES string of the molecule is CCC/C(=C/C[C@@]1(C)C(=O)CC[C@@H]1O)c1ccc(OC)cc1. The van der Waals surface area contributed by atoms with Crippen molar-refractivity contribution < 1.29 is 14.6 Å². The molecule has 0 heterocycles. The lowest BCUT2D eigenvalue weighted by atomic mass is 9.81. The number of benzene rings is 1. The molecular weight excluding hydrogens is 276 g/mol. The van der Waals surface area contributed by atoms with Crippen molar-refractivity contribution in [3.05, 3.63) is 35.9 Å². The average Bonchev–Trinajstić information content (AvgIpc) is 2.79. The molecule has 3 nitrogen and oxygen atoms in total. The number of aliphatic hydroxyl groups is 1. The zero-order valence-corrected chi connectivity index (χ0v) is 13.8. The number of hydrogen-bond acceptors (Lipinski definition) is 3. The molecular formula is C19H26O3. The van der Waals surface area contributed by atoms with E-state index in [0.717, 1.165) is 24.2 Å². The van der Waals surface area contributed by atoms with E-state index in [1.807, 2.05) is 19.1 Å². The highest BCUT2D eigenvalue weighted by molar-refractivity contribution is 5.87. The number of rotatable bonds is 6. The van der Waals surface area contributed by atoms with Crippen molar-refractivity contribution in [2.24, 2.45) is 5.41 Å². The van der Waals surface area contributed by atoms with Gasteiger partial charge >= 0.3 is 0 Å². The van der Waals surface area contributed by atoms with Crippen LogP contribution in [0.25, 0.3) is 5.57 Å². The molecule has 3 heteroatoms. The van der Waals surface area contributed by atoms with Crippen LogP contribution >= 0.6 is 0 Å². The maximum atomic E-state index is 12.1. The normalized spacial score (nSPS) is 25.5. The number of carbonyl (C=O) groups is 1. The number of allylic oxidation sites excluding steroid dienone is 2. The van der Waals surface area contributed by atoms with E-state index >= 15 is 0 Å². The third kappa shape index (κ3) is 3.41. The maximum Gasteiger partial charge on any atom is 0.141 e. The number of aliphatic hydroxyl groups excluding tert-OH is 1. The molecule has 1 saturated carbocycles. The van der Waals surface area contributed by atoms with E-state index in [1.54, 1.807) is 7.11 Å². The van der Waals surface area contributed by atoms with Crippen molar-refractivity contribution >= 4 is 11.4 Å². The Balaban J connectivity index is 2.21. The van der Waals surface area contributed by atoms with Crippen LogP contribution in [0.3, 0.4) is 0 Å². The zero-order valence-electron chi connectivity index (χ0n) is 13.8. The molecule has 0 unspecified atom stereocenters. The Morgan fingerprint density at radius 2 is 2.09 bits per heavy atom. The Morgan fingerprint density at radius 3 is 2.59 bits per heavy atom. The van der Waals surface area contributed by atoms with Crippen LogP contribution in [0.5, 0.6) is 5.75 Å². The van der Waals surface area contributed by atoms with E-state index in [2.05, 4.69) is 25.1 Å². The monoisotopic (exact) mass is 302 g/mol. The molecule has 0 saturated heterocycles. The summed E-state index contributed by atoms with van der Waals surface area (Å²) in [7, 11) is 1.66. The minimum Gasteiger partial charge on any atom is -0.497 e. The van der Waals surface area contributed by atoms with Gasteiger partial charge in [-0.25, -0.2) is 0 Å². The van der Waals surface area contributed by atoms with Gasteiger partial charge in [0, 0.05) is 6.42 Å². The van der Waals surface area contributed by atoms with Crippen LogP contribution in [0.4, 0.5) is 0 Å². The molecule has 0 radical (unpaired) electrons. The van der Waals surface area contributed by atoms with E-state index in [4.69, 9.17) is 4.74 Å². The molecule has 2 rings (SSSR count). The third-order valence-electron chi connectivity index (χ3n) is 4.77. The van der Waals surface area contributed by atoms with Crippen LogP contribution in [-0.4, -0.2) is 24.1 Å². The van der Waals surface area contributed by atoms with Gasteiger partial charge in [0.25, 0.3) is 0 Å². The lowest BCUT2D eigenvalue weighted by molar-refractivity contribution is -0.127. The van der Waals surface area contributed by atoms with E-state index in [9.17, 15) is 9.90 Å². The van der Waals surface area contributed by atoms with Gasteiger partial charge < -0.3 is 9.84 Å². The first-order valence-corrected chi connectivity index (χ1v) is 8.06. The number of Topliss-reactive ketones (excluding diaryl/α,β-unsaturated/α-hetero) is 1. The quantitative estimate of drug-likeness (QED) is 0.864. The van der Waals surface area contributed by atoms with Crippen LogP contribution < -0.4 is 4.74 Å².